The predicted octanol–water partition coefficient (Wildman–Crippen LogP) is -1.02. The van der Waals surface area contributed by atoms with E-state index >= 15 is 0 Å². The molecule has 0 spiro atoms. The monoisotopic (exact) mass is 220 g/mol. The Balaban J connectivity index is 2.43. The maximum absolute atomic E-state index is 11.2. The normalized spacial score (nSPS) is 23.1. The first-order chi connectivity index (χ1) is 6.44. The van der Waals surface area contributed by atoms with Gasteiger partial charge in [0, 0.05) is 31.3 Å². The van der Waals surface area contributed by atoms with Crippen LogP contribution in [-0.2, 0) is 14.6 Å². The minimum absolute atomic E-state index is 0.0381. The molecule has 1 rings (SSSR count). The van der Waals surface area contributed by atoms with Crippen LogP contribution in [0, 0.1) is 0 Å². The number of likely N-dealkylation sites (tertiary alicyclic amines) is 1. The molecular formula is C8H16N2O3S. The molecule has 1 saturated heterocycles. The first-order valence-corrected chi connectivity index (χ1v) is 6.50. The van der Waals surface area contributed by atoms with E-state index in [9.17, 15) is 13.2 Å². The van der Waals surface area contributed by atoms with Crippen molar-refractivity contribution < 1.29 is 13.2 Å². The number of rotatable bonds is 4. The van der Waals surface area contributed by atoms with Crippen molar-refractivity contribution >= 4 is 15.7 Å². The largest absolute Gasteiger partial charge is 0.340 e. The van der Waals surface area contributed by atoms with E-state index in [-0.39, 0.29) is 30.0 Å². The van der Waals surface area contributed by atoms with Crippen LogP contribution in [-0.4, -0.2) is 49.9 Å². The third-order valence-corrected chi connectivity index (χ3v) is 4.04. The van der Waals surface area contributed by atoms with E-state index in [1.54, 1.807) is 6.92 Å². The fraction of sp³-hybridized carbons (Fsp3) is 0.875. The van der Waals surface area contributed by atoms with Gasteiger partial charge in [-0.3, -0.25) is 4.79 Å². The number of nitrogens with two attached hydrogens (primary N) is 1. The summed E-state index contributed by atoms with van der Waals surface area (Å²) in [6.07, 6.45) is 0.339. The number of sulfone groups is 1. The Hall–Kier alpha value is -0.620. The number of amides is 1. The van der Waals surface area contributed by atoms with Crippen molar-refractivity contribution in [2.75, 3.05) is 24.6 Å². The van der Waals surface area contributed by atoms with Crippen LogP contribution in [0.3, 0.4) is 0 Å². The lowest BCUT2D eigenvalue weighted by Crippen LogP contribution is -2.32. The molecule has 0 aliphatic carbocycles. The summed E-state index contributed by atoms with van der Waals surface area (Å²) in [5.41, 5.74) is 5.58. The van der Waals surface area contributed by atoms with Crippen LogP contribution in [0.5, 0.6) is 0 Å². The van der Waals surface area contributed by atoms with Gasteiger partial charge in [0.25, 0.3) is 0 Å². The smallest absolute Gasteiger partial charge is 0.224 e. The highest BCUT2D eigenvalue weighted by Crippen LogP contribution is 2.08. The summed E-state index contributed by atoms with van der Waals surface area (Å²) in [5.74, 6) is 0.132. The van der Waals surface area contributed by atoms with Crippen molar-refractivity contribution in [3.05, 3.63) is 0 Å². The van der Waals surface area contributed by atoms with Crippen LogP contribution in [0.15, 0.2) is 0 Å². The van der Waals surface area contributed by atoms with Gasteiger partial charge >= 0.3 is 0 Å². The van der Waals surface area contributed by atoms with E-state index in [1.807, 2.05) is 0 Å². The van der Waals surface area contributed by atoms with Crippen molar-refractivity contribution in [3.63, 3.8) is 0 Å². The predicted molar refractivity (Wildman–Crippen MR) is 53.5 cm³/mol. The Morgan fingerprint density at radius 1 is 1.57 bits per heavy atom. The standard InChI is InChI=1S/C8H16N2O3S/c1-2-14(12,13)4-3-10-6-7(9)5-8(10)11/h7H,2-6,9H2,1H3. The fourth-order valence-electron chi connectivity index (χ4n) is 1.41. The van der Waals surface area contributed by atoms with Gasteiger partial charge < -0.3 is 10.6 Å². The van der Waals surface area contributed by atoms with Gasteiger partial charge in [0.1, 0.15) is 0 Å². The molecular weight excluding hydrogens is 204 g/mol. The van der Waals surface area contributed by atoms with Gasteiger partial charge in [-0.2, -0.15) is 0 Å². The first kappa shape index (κ1) is 11.5. The molecule has 1 heterocycles. The van der Waals surface area contributed by atoms with Crippen LogP contribution in [0.2, 0.25) is 0 Å². The highest BCUT2D eigenvalue weighted by Gasteiger charge is 2.27. The maximum Gasteiger partial charge on any atom is 0.224 e. The first-order valence-electron chi connectivity index (χ1n) is 4.68. The minimum atomic E-state index is -2.98. The van der Waals surface area contributed by atoms with Crippen molar-refractivity contribution in [2.45, 2.75) is 19.4 Å². The highest BCUT2D eigenvalue weighted by molar-refractivity contribution is 7.91. The number of hydrogen-bond acceptors (Lipinski definition) is 4. The van der Waals surface area contributed by atoms with E-state index in [2.05, 4.69) is 0 Å². The summed E-state index contributed by atoms with van der Waals surface area (Å²) in [5, 5.41) is 0. The number of hydrogen-bond donors (Lipinski definition) is 1. The molecule has 1 atom stereocenters. The summed E-state index contributed by atoms with van der Waals surface area (Å²) in [6.45, 7) is 2.37. The fourth-order valence-corrected chi connectivity index (χ4v) is 2.20. The molecule has 1 fully saturated rings. The SMILES string of the molecule is CCS(=O)(=O)CCN1CC(N)CC1=O. The molecule has 0 bridgehead atoms. The topological polar surface area (TPSA) is 80.5 Å². The van der Waals surface area contributed by atoms with Gasteiger partial charge in [0.05, 0.1) is 5.75 Å². The van der Waals surface area contributed by atoms with Gasteiger partial charge in [-0.25, -0.2) is 8.42 Å². The number of carbonyl (C=O) groups is 1. The molecule has 14 heavy (non-hydrogen) atoms. The van der Waals surface area contributed by atoms with Crippen LogP contribution in [0.4, 0.5) is 0 Å². The van der Waals surface area contributed by atoms with Crippen molar-refractivity contribution in [2.24, 2.45) is 5.73 Å². The van der Waals surface area contributed by atoms with Crippen LogP contribution in [0.25, 0.3) is 0 Å². The van der Waals surface area contributed by atoms with Crippen molar-refractivity contribution in [3.8, 4) is 0 Å². The van der Waals surface area contributed by atoms with Crippen molar-refractivity contribution in [1.29, 1.82) is 0 Å². The molecule has 0 aromatic carbocycles. The second-order valence-electron chi connectivity index (χ2n) is 3.54. The Bertz CT molecular complexity index is 313. The maximum atomic E-state index is 11.2. The summed E-state index contributed by atoms with van der Waals surface area (Å²) in [7, 11) is -2.98. The van der Waals surface area contributed by atoms with E-state index in [4.69, 9.17) is 5.73 Å². The quantitative estimate of drug-likeness (QED) is 0.657. The summed E-state index contributed by atoms with van der Waals surface area (Å²) in [4.78, 5) is 12.8. The van der Waals surface area contributed by atoms with Gasteiger partial charge in [-0.15, -0.1) is 0 Å². The van der Waals surface area contributed by atoms with E-state index < -0.39 is 9.84 Å². The lowest BCUT2D eigenvalue weighted by Gasteiger charge is -2.15. The second kappa shape index (κ2) is 4.27. The molecule has 0 aromatic heterocycles. The zero-order valence-electron chi connectivity index (χ0n) is 8.27. The molecule has 82 valence electrons. The second-order valence-corrected chi connectivity index (χ2v) is 6.01. The lowest BCUT2D eigenvalue weighted by molar-refractivity contribution is -0.127. The Morgan fingerprint density at radius 2 is 2.21 bits per heavy atom. The summed E-state index contributed by atoms with van der Waals surface area (Å²) in [6, 6.07) is -0.133. The lowest BCUT2D eigenvalue weighted by atomic mass is 10.3. The molecule has 0 radical (unpaired) electrons. The molecule has 6 heteroatoms. The Morgan fingerprint density at radius 3 is 2.64 bits per heavy atom. The summed E-state index contributed by atoms with van der Waals surface area (Å²) >= 11 is 0. The van der Waals surface area contributed by atoms with Gasteiger partial charge in [0.15, 0.2) is 9.84 Å². The molecule has 0 saturated carbocycles. The average Bonchev–Trinajstić information content (AvgIpc) is 2.42. The van der Waals surface area contributed by atoms with Crippen LogP contribution >= 0.6 is 0 Å². The average molecular weight is 220 g/mol. The minimum Gasteiger partial charge on any atom is -0.340 e. The van der Waals surface area contributed by atoms with Gasteiger partial charge in [-0.1, -0.05) is 6.92 Å². The highest BCUT2D eigenvalue weighted by atomic mass is 32.2. The molecule has 5 nitrogen and oxygen atoms in total. The Kier molecular flexibility index (Phi) is 3.49. The van der Waals surface area contributed by atoms with Crippen molar-refractivity contribution in [1.82, 2.24) is 4.90 Å². The zero-order chi connectivity index (χ0) is 10.8. The number of carbonyl (C=O) groups excluding carboxylic acids is 1. The van der Waals surface area contributed by atoms with E-state index in [1.165, 1.54) is 4.90 Å². The molecule has 1 amide bonds. The molecule has 1 unspecified atom stereocenters. The summed E-state index contributed by atoms with van der Waals surface area (Å²) < 4.78 is 22.3. The molecule has 2 N–H and O–H groups in total. The Labute approximate surface area is 84.2 Å². The third kappa shape index (κ3) is 2.95. The zero-order valence-corrected chi connectivity index (χ0v) is 9.09. The molecule has 0 aromatic rings. The number of nitrogens with zero attached hydrogens (tertiary/aromatic N) is 1. The van der Waals surface area contributed by atoms with Crippen LogP contribution in [0.1, 0.15) is 13.3 Å². The molecule has 1 aliphatic rings. The van der Waals surface area contributed by atoms with Crippen LogP contribution < -0.4 is 5.73 Å². The molecule has 1 aliphatic heterocycles. The third-order valence-electron chi connectivity index (χ3n) is 2.36. The van der Waals surface area contributed by atoms with Gasteiger partial charge in [-0.05, 0) is 0 Å². The van der Waals surface area contributed by atoms with E-state index in [0.717, 1.165) is 0 Å². The van der Waals surface area contributed by atoms with Gasteiger partial charge in [0.2, 0.25) is 5.91 Å². The van der Waals surface area contributed by atoms with E-state index in [0.29, 0.717) is 13.0 Å².